The summed E-state index contributed by atoms with van der Waals surface area (Å²) in [5, 5.41) is 19.6. The molecule has 0 atom stereocenters. The summed E-state index contributed by atoms with van der Waals surface area (Å²) in [6, 6.07) is 7.91. The topological polar surface area (TPSA) is 72.7 Å². The maximum Gasteiger partial charge on any atom is 0.135 e. The second-order valence-electron chi connectivity index (χ2n) is 6.03. The Hall–Kier alpha value is -1.96. The van der Waals surface area contributed by atoms with Gasteiger partial charge in [0.05, 0.1) is 35.5 Å². The van der Waals surface area contributed by atoms with E-state index in [1.807, 2.05) is 29.2 Å². The van der Waals surface area contributed by atoms with E-state index in [9.17, 15) is 5.11 Å². The van der Waals surface area contributed by atoms with Gasteiger partial charge in [0.1, 0.15) is 16.6 Å². The van der Waals surface area contributed by atoms with Crippen LogP contribution in [0.1, 0.15) is 5.01 Å². The van der Waals surface area contributed by atoms with Crippen molar-refractivity contribution >= 4 is 33.0 Å². The average molecular weight is 344 g/mol. The van der Waals surface area contributed by atoms with E-state index in [1.54, 1.807) is 0 Å². The summed E-state index contributed by atoms with van der Waals surface area (Å²) in [6.07, 6.45) is 0. The molecule has 0 radical (unpaired) electrons. The van der Waals surface area contributed by atoms with Gasteiger partial charge in [0.25, 0.3) is 0 Å². The number of benzene rings is 1. The Morgan fingerprint density at radius 1 is 1.21 bits per heavy atom. The van der Waals surface area contributed by atoms with E-state index in [-0.39, 0.29) is 5.76 Å². The monoisotopic (exact) mass is 344 g/mol. The number of aromatic nitrogens is 1. The largest absolute Gasteiger partial charge is 0.510 e. The van der Waals surface area contributed by atoms with E-state index in [2.05, 4.69) is 9.88 Å². The molecular weight excluding hydrogens is 324 g/mol. The Kier molecular flexibility index (Phi) is 4.22. The minimum Gasteiger partial charge on any atom is -0.510 e. The smallest absolute Gasteiger partial charge is 0.135 e. The zero-order valence-corrected chi connectivity index (χ0v) is 14.2. The minimum atomic E-state index is 0.251. The first-order valence-electron chi connectivity index (χ1n) is 8.14. The number of aliphatic hydroxyl groups excluding tert-OH is 1. The van der Waals surface area contributed by atoms with Crippen molar-refractivity contribution in [3.63, 3.8) is 0 Å². The van der Waals surface area contributed by atoms with Gasteiger partial charge in [-0.2, -0.15) is 0 Å². The third-order valence-electron chi connectivity index (χ3n) is 4.48. The summed E-state index contributed by atoms with van der Waals surface area (Å²) in [6.45, 7) is 5.43. The fourth-order valence-electron chi connectivity index (χ4n) is 3.12. The van der Waals surface area contributed by atoms with Crippen LogP contribution >= 0.6 is 11.3 Å². The van der Waals surface area contributed by atoms with Crippen LogP contribution in [-0.2, 0) is 4.74 Å². The van der Waals surface area contributed by atoms with Crippen molar-refractivity contribution in [3.05, 3.63) is 35.0 Å². The molecule has 0 saturated carbocycles. The summed E-state index contributed by atoms with van der Waals surface area (Å²) >= 11 is 1.53. The molecule has 0 amide bonds. The quantitative estimate of drug-likeness (QED) is 0.889. The average Bonchev–Trinajstić information content (AvgIpc) is 3.14. The lowest BCUT2D eigenvalue weighted by Crippen LogP contribution is -2.42. The lowest BCUT2D eigenvalue weighted by molar-refractivity contribution is 0.0361. The lowest BCUT2D eigenvalue weighted by Gasteiger charge is -2.29. The fraction of sp³-hybridized carbons (Fsp3) is 0.412. The number of hydrogen-bond donors (Lipinski definition) is 2. The fourth-order valence-corrected chi connectivity index (χ4v) is 4.15. The van der Waals surface area contributed by atoms with Gasteiger partial charge in [0.2, 0.25) is 0 Å². The molecule has 6 nitrogen and oxygen atoms in total. The minimum absolute atomic E-state index is 0.251. The number of ether oxygens (including phenoxy) is 1. The zero-order chi connectivity index (χ0) is 16.5. The predicted octanol–water partition coefficient (Wildman–Crippen LogP) is 2.19. The van der Waals surface area contributed by atoms with E-state index >= 15 is 0 Å². The molecule has 7 heteroatoms. The number of nitrogens with zero attached hydrogens (tertiary/aromatic N) is 3. The Bertz CT molecular complexity index is 762. The zero-order valence-electron chi connectivity index (χ0n) is 13.4. The van der Waals surface area contributed by atoms with Gasteiger partial charge in [-0.3, -0.25) is 10.3 Å². The van der Waals surface area contributed by atoms with Crippen molar-refractivity contribution in [2.45, 2.75) is 0 Å². The highest BCUT2D eigenvalue weighted by Gasteiger charge is 2.30. The lowest BCUT2D eigenvalue weighted by atomic mass is 10.2. The first-order chi connectivity index (χ1) is 11.7. The summed E-state index contributed by atoms with van der Waals surface area (Å²) in [5.41, 5.74) is 1.50. The number of morpholine rings is 1. The van der Waals surface area contributed by atoms with Gasteiger partial charge in [0.15, 0.2) is 0 Å². The number of para-hydroxylation sites is 1. The molecule has 2 N–H and O–H groups in total. The molecule has 0 unspecified atom stereocenters. The molecule has 2 aliphatic rings. The molecule has 1 aromatic carbocycles. The number of hydrogen-bond acceptors (Lipinski definition) is 6. The van der Waals surface area contributed by atoms with Crippen LogP contribution < -0.4 is 0 Å². The Balaban J connectivity index is 1.48. The van der Waals surface area contributed by atoms with Crippen molar-refractivity contribution in [1.82, 2.24) is 14.8 Å². The number of rotatable bonds is 4. The van der Waals surface area contributed by atoms with Crippen LogP contribution in [0.25, 0.3) is 15.8 Å². The Morgan fingerprint density at radius 3 is 2.79 bits per heavy atom. The standard InChI is InChI=1S/C17H20N4O2S/c18-16-15(17-19-12-3-1-2-4-14(12)24-17)13(22)11-21(16)6-5-20-7-9-23-10-8-20/h1-4,18,22H,5-11H2. The molecule has 2 aromatic rings. The van der Waals surface area contributed by atoms with Gasteiger partial charge in [-0.15, -0.1) is 11.3 Å². The molecule has 126 valence electrons. The van der Waals surface area contributed by atoms with Gasteiger partial charge in [0, 0.05) is 26.2 Å². The van der Waals surface area contributed by atoms with Gasteiger partial charge in [-0.25, -0.2) is 4.98 Å². The Labute approximate surface area is 144 Å². The van der Waals surface area contributed by atoms with E-state index in [0.29, 0.717) is 18.0 Å². The number of aliphatic hydroxyl groups is 1. The van der Waals surface area contributed by atoms with Crippen LogP contribution in [0.15, 0.2) is 30.0 Å². The molecule has 0 bridgehead atoms. The van der Waals surface area contributed by atoms with E-state index < -0.39 is 0 Å². The van der Waals surface area contributed by atoms with E-state index in [1.165, 1.54) is 11.3 Å². The molecule has 24 heavy (non-hydrogen) atoms. The van der Waals surface area contributed by atoms with Gasteiger partial charge in [-0.1, -0.05) is 12.1 Å². The summed E-state index contributed by atoms with van der Waals surface area (Å²) in [7, 11) is 0. The molecule has 0 aliphatic carbocycles. The second kappa shape index (κ2) is 6.51. The molecular formula is C17H20N4O2S. The highest BCUT2D eigenvalue weighted by Crippen LogP contribution is 2.32. The number of nitrogens with one attached hydrogen (secondary N) is 1. The van der Waals surface area contributed by atoms with Crippen molar-refractivity contribution in [3.8, 4) is 0 Å². The van der Waals surface area contributed by atoms with Crippen molar-refractivity contribution < 1.29 is 9.84 Å². The summed E-state index contributed by atoms with van der Waals surface area (Å²) in [5.74, 6) is 0.626. The first kappa shape index (κ1) is 15.6. The first-order valence-corrected chi connectivity index (χ1v) is 8.96. The maximum atomic E-state index is 10.4. The van der Waals surface area contributed by atoms with Crippen molar-refractivity contribution in [2.75, 3.05) is 45.9 Å². The predicted molar refractivity (Wildman–Crippen MR) is 95.7 cm³/mol. The molecule has 4 rings (SSSR count). The summed E-state index contributed by atoms with van der Waals surface area (Å²) in [4.78, 5) is 8.85. The van der Waals surface area contributed by atoms with Crippen LogP contribution in [0.2, 0.25) is 0 Å². The molecule has 1 saturated heterocycles. The van der Waals surface area contributed by atoms with Crippen molar-refractivity contribution in [2.24, 2.45) is 0 Å². The Morgan fingerprint density at radius 2 is 2.00 bits per heavy atom. The number of fused-ring (bicyclic) bond motifs is 1. The molecule has 1 fully saturated rings. The van der Waals surface area contributed by atoms with Crippen LogP contribution in [0, 0.1) is 5.41 Å². The molecule has 1 aromatic heterocycles. The van der Waals surface area contributed by atoms with Crippen LogP contribution in [0.4, 0.5) is 0 Å². The van der Waals surface area contributed by atoms with Gasteiger partial charge in [-0.05, 0) is 12.1 Å². The van der Waals surface area contributed by atoms with E-state index in [4.69, 9.17) is 10.1 Å². The van der Waals surface area contributed by atoms with Gasteiger partial charge < -0.3 is 14.7 Å². The van der Waals surface area contributed by atoms with Gasteiger partial charge >= 0.3 is 0 Å². The normalized spacial score (nSPS) is 19.7. The molecule has 2 aliphatic heterocycles. The number of amidine groups is 1. The molecule has 0 spiro atoms. The van der Waals surface area contributed by atoms with Crippen molar-refractivity contribution in [1.29, 1.82) is 5.41 Å². The summed E-state index contributed by atoms with van der Waals surface area (Å²) < 4.78 is 6.44. The SMILES string of the molecule is N=C1C(c2nc3ccccc3s2)=C(O)CN1CCN1CCOCC1. The third kappa shape index (κ3) is 2.90. The highest BCUT2D eigenvalue weighted by atomic mass is 32.1. The second-order valence-corrected chi connectivity index (χ2v) is 7.06. The molecule has 3 heterocycles. The van der Waals surface area contributed by atoms with Crippen LogP contribution in [0.5, 0.6) is 0 Å². The highest BCUT2D eigenvalue weighted by molar-refractivity contribution is 7.19. The van der Waals surface area contributed by atoms with Crippen LogP contribution in [-0.4, -0.2) is 71.7 Å². The third-order valence-corrected chi connectivity index (χ3v) is 5.53. The maximum absolute atomic E-state index is 10.4. The number of thiazole rings is 1. The van der Waals surface area contributed by atoms with E-state index in [0.717, 1.165) is 54.6 Å². The van der Waals surface area contributed by atoms with Crippen LogP contribution in [0.3, 0.4) is 0 Å².